The van der Waals surface area contributed by atoms with Crippen LogP contribution in [-0.4, -0.2) is 6.04 Å². The summed E-state index contributed by atoms with van der Waals surface area (Å²) < 4.78 is 0. The third-order valence-corrected chi connectivity index (χ3v) is 4.94. The zero-order valence-electron chi connectivity index (χ0n) is 9.97. The highest BCUT2D eigenvalue weighted by molar-refractivity contribution is 7.12. The second kappa shape index (κ2) is 4.67. The van der Waals surface area contributed by atoms with Crippen molar-refractivity contribution in [3.05, 3.63) is 21.4 Å². The van der Waals surface area contributed by atoms with E-state index in [1.54, 1.807) is 4.88 Å². The predicted octanol–water partition coefficient (Wildman–Crippen LogP) is 3.82. The first kappa shape index (κ1) is 11.2. The molecule has 0 spiro atoms. The molecule has 2 heteroatoms. The minimum Gasteiger partial charge on any atom is -0.307 e. The number of thiophene rings is 1. The molecular formula is C13H21NS. The summed E-state index contributed by atoms with van der Waals surface area (Å²) in [6, 6.07) is 3.69. The van der Waals surface area contributed by atoms with Crippen LogP contribution in [0.3, 0.4) is 0 Å². The standard InChI is InChI=1S/C13H21NS/c1-4-12-9(2)8-13(15-12)10(3)14-11-6-5-7-11/h8,10-11,14H,4-7H2,1-3H3. The summed E-state index contributed by atoms with van der Waals surface area (Å²) in [4.78, 5) is 3.06. The van der Waals surface area contributed by atoms with Gasteiger partial charge in [-0.2, -0.15) is 0 Å². The van der Waals surface area contributed by atoms with Gasteiger partial charge in [-0.25, -0.2) is 0 Å². The zero-order chi connectivity index (χ0) is 10.8. The number of hydrogen-bond donors (Lipinski definition) is 1. The van der Waals surface area contributed by atoms with E-state index in [0.717, 1.165) is 6.04 Å². The fraction of sp³-hybridized carbons (Fsp3) is 0.692. The molecule has 1 aromatic rings. The molecule has 1 atom stereocenters. The summed E-state index contributed by atoms with van der Waals surface area (Å²) in [5, 5.41) is 3.71. The van der Waals surface area contributed by atoms with Crippen molar-refractivity contribution in [1.29, 1.82) is 0 Å². The lowest BCUT2D eigenvalue weighted by Gasteiger charge is -2.29. The summed E-state index contributed by atoms with van der Waals surface area (Å²) >= 11 is 1.98. The Morgan fingerprint density at radius 1 is 1.53 bits per heavy atom. The Bertz CT molecular complexity index is 325. The maximum atomic E-state index is 3.71. The monoisotopic (exact) mass is 223 g/mol. The van der Waals surface area contributed by atoms with Gasteiger partial charge in [0.2, 0.25) is 0 Å². The summed E-state index contributed by atoms with van der Waals surface area (Å²) in [5.41, 5.74) is 1.47. The van der Waals surface area contributed by atoms with Gasteiger partial charge in [0.15, 0.2) is 0 Å². The summed E-state index contributed by atoms with van der Waals surface area (Å²) in [7, 11) is 0. The molecule has 2 rings (SSSR count). The van der Waals surface area contributed by atoms with E-state index in [1.165, 1.54) is 36.1 Å². The lowest BCUT2D eigenvalue weighted by Crippen LogP contribution is -2.36. The van der Waals surface area contributed by atoms with Crippen LogP contribution in [0.4, 0.5) is 0 Å². The van der Waals surface area contributed by atoms with Crippen molar-refractivity contribution in [2.75, 3.05) is 0 Å². The lowest BCUT2D eigenvalue weighted by molar-refractivity contribution is 0.315. The molecule has 15 heavy (non-hydrogen) atoms. The van der Waals surface area contributed by atoms with E-state index in [2.05, 4.69) is 32.2 Å². The molecule has 1 saturated carbocycles. The summed E-state index contributed by atoms with van der Waals surface area (Å²) in [6.07, 6.45) is 5.32. The molecular weight excluding hydrogens is 202 g/mol. The van der Waals surface area contributed by atoms with E-state index in [1.807, 2.05) is 11.3 Å². The molecule has 0 aromatic carbocycles. The van der Waals surface area contributed by atoms with E-state index in [9.17, 15) is 0 Å². The van der Waals surface area contributed by atoms with Crippen LogP contribution in [0.25, 0.3) is 0 Å². The Labute approximate surface area is 96.9 Å². The fourth-order valence-electron chi connectivity index (χ4n) is 2.12. The number of hydrogen-bond acceptors (Lipinski definition) is 2. The quantitative estimate of drug-likeness (QED) is 0.818. The van der Waals surface area contributed by atoms with Gasteiger partial charge >= 0.3 is 0 Å². The summed E-state index contributed by atoms with van der Waals surface area (Å²) in [5.74, 6) is 0. The van der Waals surface area contributed by atoms with Gasteiger partial charge in [-0.15, -0.1) is 11.3 Å². The molecule has 1 aromatic heterocycles. The minimum absolute atomic E-state index is 0.541. The van der Waals surface area contributed by atoms with Gasteiger partial charge in [0.25, 0.3) is 0 Å². The van der Waals surface area contributed by atoms with Crippen LogP contribution in [0, 0.1) is 6.92 Å². The fourth-order valence-corrected chi connectivity index (χ4v) is 3.25. The van der Waals surface area contributed by atoms with Gasteiger partial charge < -0.3 is 5.32 Å². The summed E-state index contributed by atoms with van der Waals surface area (Å²) in [6.45, 7) is 6.77. The normalized spacial score (nSPS) is 18.9. The first-order valence-electron chi connectivity index (χ1n) is 6.06. The molecule has 1 nitrogen and oxygen atoms in total. The third kappa shape index (κ3) is 2.43. The smallest absolute Gasteiger partial charge is 0.0388 e. The Morgan fingerprint density at radius 2 is 2.27 bits per heavy atom. The molecule has 0 amide bonds. The van der Waals surface area contributed by atoms with Gasteiger partial charge in [0, 0.05) is 21.8 Å². The third-order valence-electron chi connectivity index (χ3n) is 3.38. The Morgan fingerprint density at radius 3 is 2.73 bits per heavy atom. The van der Waals surface area contributed by atoms with Gasteiger partial charge in [-0.3, -0.25) is 0 Å². The molecule has 0 saturated heterocycles. The Balaban J connectivity index is 2.00. The SMILES string of the molecule is CCc1sc(C(C)NC2CCC2)cc1C. The second-order valence-electron chi connectivity index (χ2n) is 4.62. The average molecular weight is 223 g/mol. The van der Waals surface area contributed by atoms with Crippen molar-refractivity contribution >= 4 is 11.3 Å². The highest BCUT2D eigenvalue weighted by atomic mass is 32.1. The van der Waals surface area contributed by atoms with E-state index < -0.39 is 0 Å². The van der Waals surface area contributed by atoms with E-state index >= 15 is 0 Å². The minimum atomic E-state index is 0.541. The number of rotatable bonds is 4. The van der Waals surface area contributed by atoms with Crippen LogP contribution in [0.1, 0.15) is 54.5 Å². The van der Waals surface area contributed by atoms with Gasteiger partial charge in [-0.05, 0) is 44.7 Å². The van der Waals surface area contributed by atoms with E-state index in [4.69, 9.17) is 0 Å². The van der Waals surface area contributed by atoms with Gasteiger partial charge in [0.05, 0.1) is 0 Å². The van der Waals surface area contributed by atoms with Crippen molar-refractivity contribution in [2.45, 2.75) is 58.5 Å². The molecule has 1 aliphatic rings. The van der Waals surface area contributed by atoms with Crippen molar-refractivity contribution in [3.63, 3.8) is 0 Å². The molecule has 0 aliphatic heterocycles. The van der Waals surface area contributed by atoms with Crippen LogP contribution in [0.2, 0.25) is 0 Å². The van der Waals surface area contributed by atoms with Crippen LogP contribution in [0.5, 0.6) is 0 Å². The Kier molecular flexibility index (Phi) is 3.47. The van der Waals surface area contributed by atoms with Gasteiger partial charge in [0.1, 0.15) is 0 Å². The number of aryl methyl sites for hydroxylation is 2. The molecule has 0 radical (unpaired) electrons. The zero-order valence-corrected chi connectivity index (χ0v) is 10.8. The average Bonchev–Trinajstić information content (AvgIpc) is 2.53. The first-order chi connectivity index (χ1) is 7.20. The van der Waals surface area contributed by atoms with Crippen LogP contribution >= 0.6 is 11.3 Å². The second-order valence-corrected chi connectivity index (χ2v) is 5.79. The molecule has 1 heterocycles. The van der Waals surface area contributed by atoms with Crippen molar-refractivity contribution in [1.82, 2.24) is 5.32 Å². The van der Waals surface area contributed by atoms with E-state index in [-0.39, 0.29) is 0 Å². The number of nitrogens with one attached hydrogen (secondary N) is 1. The van der Waals surface area contributed by atoms with Crippen LogP contribution in [0.15, 0.2) is 6.07 Å². The van der Waals surface area contributed by atoms with Crippen molar-refractivity contribution in [2.24, 2.45) is 0 Å². The van der Waals surface area contributed by atoms with Crippen molar-refractivity contribution in [3.8, 4) is 0 Å². The molecule has 1 unspecified atom stereocenters. The Hall–Kier alpha value is -0.340. The van der Waals surface area contributed by atoms with Crippen LogP contribution in [-0.2, 0) is 6.42 Å². The molecule has 84 valence electrons. The largest absolute Gasteiger partial charge is 0.307 e. The van der Waals surface area contributed by atoms with Gasteiger partial charge in [-0.1, -0.05) is 13.3 Å². The maximum absolute atomic E-state index is 3.71. The predicted molar refractivity (Wildman–Crippen MR) is 67.6 cm³/mol. The van der Waals surface area contributed by atoms with E-state index in [0.29, 0.717) is 6.04 Å². The topological polar surface area (TPSA) is 12.0 Å². The molecule has 1 N–H and O–H groups in total. The lowest BCUT2D eigenvalue weighted by atomic mass is 9.92. The molecule has 1 fully saturated rings. The molecule has 0 bridgehead atoms. The first-order valence-corrected chi connectivity index (χ1v) is 6.87. The van der Waals surface area contributed by atoms with Crippen molar-refractivity contribution < 1.29 is 0 Å². The highest BCUT2D eigenvalue weighted by Crippen LogP contribution is 2.29. The molecule has 1 aliphatic carbocycles. The highest BCUT2D eigenvalue weighted by Gasteiger charge is 2.20. The van der Waals surface area contributed by atoms with Crippen LogP contribution < -0.4 is 5.32 Å². The maximum Gasteiger partial charge on any atom is 0.0388 e.